The number of rotatable bonds is 5. The van der Waals surface area contributed by atoms with Crippen LogP contribution in [0.5, 0.6) is 0 Å². The molecule has 16 heavy (non-hydrogen) atoms. The average molecular weight is 227 g/mol. The van der Waals surface area contributed by atoms with Gasteiger partial charge in [-0.3, -0.25) is 0 Å². The molecular weight excluding hydrogens is 202 g/mol. The third kappa shape index (κ3) is 2.76. The van der Waals surface area contributed by atoms with Crippen LogP contribution < -0.4 is 5.32 Å². The third-order valence-electron chi connectivity index (χ3n) is 4.00. The summed E-state index contributed by atoms with van der Waals surface area (Å²) in [6.07, 6.45) is 4.03. The molecule has 2 aliphatic rings. The number of hydrogen-bond donors (Lipinski definition) is 1. The van der Waals surface area contributed by atoms with E-state index in [1.807, 2.05) is 0 Å². The topological polar surface area (TPSA) is 30.5 Å². The molecule has 2 heterocycles. The fourth-order valence-electron chi connectivity index (χ4n) is 3.03. The lowest BCUT2D eigenvalue weighted by atomic mass is 9.84. The standard InChI is InChI=1S/C13H25NO2/c1-3-6-14-13(11-4-7-15-9-11)12-5-8-16-10(12)2/h10-14H,3-9H2,1-2H3. The SMILES string of the molecule is CCCNC(C1CCOC1)C1CCOC1C. The van der Waals surface area contributed by atoms with Gasteiger partial charge in [0.15, 0.2) is 0 Å². The maximum Gasteiger partial charge on any atom is 0.0590 e. The summed E-state index contributed by atoms with van der Waals surface area (Å²) in [6, 6.07) is 0.597. The first-order valence-corrected chi connectivity index (χ1v) is 6.75. The van der Waals surface area contributed by atoms with Crippen LogP contribution in [0.1, 0.15) is 33.1 Å². The molecular formula is C13H25NO2. The molecule has 0 aliphatic carbocycles. The van der Waals surface area contributed by atoms with Gasteiger partial charge in [0, 0.05) is 31.1 Å². The molecule has 0 saturated carbocycles. The molecule has 0 bridgehead atoms. The molecule has 4 unspecified atom stereocenters. The zero-order valence-electron chi connectivity index (χ0n) is 10.6. The minimum absolute atomic E-state index is 0.412. The Hall–Kier alpha value is -0.120. The van der Waals surface area contributed by atoms with E-state index in [1.54, 1.807) is 0 Å². The fourth-order valence-corrected chi connectivity index (χ4v) is 3.03. The Morgan fingerprint density at radius 3 is 2.75 bits per heavy atom. The van der Waals surface area contributed by atoms with Crippen molar-refractivity contribution in [3.8, 4) is 0 Å². The normalized spacial score (nSPS) is 36.8. The minimum atomic E-state index is 0.412. The van der Waals surface area contributed by atoms with Crippen LogP contribution >= 0.6 is 0 Å². The lowest BCUT2D eigenvalue weighted by molar-refractivity contribution is 0.0832. The van der Waals surface area contributed by atoms with E-state index < -0.39 is 0 Å². The van der Waals surface area contributed by atoms with Crippen molar-refractivity contribution in [1.82, 2.24) is 5.32 Å². The van der Waals surface area contributed by atoms with Crippen LogP contribution in [0.2, 0.25) is 0 Å². The van der Waals surface area contributed by atoms with Crippen molar-refractivity contribution < 1.29 is 9.47 Å². The van der Waals surface area contributed by atoms with Crippen LogP contribution in [0.4, 0.5) is 0 Å². The first kappa shape index (κ1) is 12.3. The first-order chi connectivity index (χ1) is 7.83. The Kier molecular flexibility index (Phi) is 4.62. The minimum Gasteiger partial charge on any atom is -0.381 e. The Morgan fingerprint density at radius 1 is 1.31 bits per heavy atom. The van der Waals surface area contributed by atoms with E-state index in [1.165, 1.54) is 19.3 Å². The zero-order valence-corrected chi connectivity index (χ0v) is 10.6. The second-order valence-corrected chi connectivity index (χ2v) is 5.13. The van der Waals surface area contributed by atoms with E-state index >= 15 is 0 Å². The number of ether oxygens (including phenoxy) is 2. The molecule has 2 fully saturated rings. The van der Waals surface area contributed by atoms with Gasteiger partial charge in [0.05, 0.1) is 12.7 Å². The van der Waals surface area contributed by atoms with Crippen LogP contribution in [0.25, 0.3) is 0 Å². The largest absolute Gasteiger partial charge is 0.381 e. The van der Waals surface area contributed by atoms with Gasteiger partial charge in [-0.1, -0.05) is 6.92 Å². The predicted molar refractivity (Wildman–Crippen MR) is 64.5 cm³/mol. The number of hydrogen-bond acceptors (Lipinski definition) is 3. The Bertz CT molecular complexity index is 204. The molecule has 0 aromatic rings. The monoisotopic (exact) mass is 227 g/mol. The fraction of sp³-hybridized carbons (Fsp3) is 1.00. The van der Waals surface area contributed by atoms with Crippen molar-refractivity contribution in [3.05, 3.63) is 0 Å². The van der Waals surface area contributed by atoms with Crippen molar-refractivity contribution in [2.45, 2.75) is 45.3 Å². The van der Waals surface area contributed by atoms with Gasteiger partial charge in [-0.15, -0.1) is 0 Å². The van der Waals surface area contributed by atoms with Crippen LogP contribution in [0.3, 0.4) is 0 Å². The van der Waals surface area contributed by atoms with Crippen LogP contribution in [0, 0.1) is 11.8 Å². The first-order valence-electron chi connectivity index (χ1n) is 6.75. The Morgan fingerprint density at radius 2 is 2.19 bits per heavy atom. The summed E-state index contributed by atoms with van der Waals surface area (Å²) in [5, 5.41) is 3.72. The Balaban J connectivity index is 1.95. The molecule has 2 rings (SSSR count). The third-order valence-corrected chi connectivity index (χ3v) is 4.00. The summed E-state index contributed by atoms with van der Waals surface area (Å²) in [5.41, 5.74) is 0. The van der Waals surface area contributed by atoms with Gasteiger partial charge in [0.1, 0.15) is 0 Å². The molecule has 2 saturated heterocycles. The van der Waals surface area contributed by atoms with Gasteiger partial charge >= 0.3 is 0 Å². The lowest BCUT2D eigenvalue weighted by Crippen LogP contribution is -2.45. The number of nitrogens with one attached hydrogen (secondary N) is 1. The lowest BCUT2D eigenvalue weighted by Gasteiger charge is -2.31. The van der Waals surface area contributed by atoms with Crippen molar-refractivity contribution in [3.63, 3.8) is 0 Å². The van der Waals surface area contributed by atoms with Gasteiger partial charge in [0.25, 0.3) is 0 Å². The van der Waals surface area contributed by atoms with Crippen LogP contribution in [-0.2, 0) is 9.47 Å². The van der Waals surface area contributed by atoms with Crippen LogP contribution in [0.15, 0.2) is 0 Å². The van der Waals surface area contributed by atoms with E-state index in [9.17, 15) is 0 Å². The van der Waals surface area contributed by atoms with Crippen molar-refractivity contribution in [2.75, 3.05) is 26.4 Å². The van der Waals surface area contributed by atoms with E-state index in [-0.39, 0.29) is 0 Å². The summed E-state index contributed by atoms with van der Waals surface area (Å²) >= 11 is 0. The molecule has 3 heteroatoms. The summed E-state index contributed by atoms with van der Waals surface area (Å²) in [6.45, 7) is 8.37. The molecule has 1 N–H and O–H groups in total. The van der Waals surface area contributed by atoms with Crippen molar-refractivity contribution in [1.29, 1.82) is 0 Å². The molecule has 94 valence electrons. The van der Waals surface area contributed by atoms with Crippen molar-refractivity contribution >= 4 is 0 Å². The second-order valence-electron chi connectivity index (χ2n) is 5.13. The molecule has 4 atom stereocenters. The van der Waals surface area contributed by atoms with E-state index in [2.05, 4.69) is 19.2 Å². The van der Waals surface area contributed by atoms with Gasteiger partial charge in [-0.2, -0.15) is 0 Å². The summed E-state index contributed by atoms with van der Waals surface area (Å²) in [4.78, 5) is 0. The predicted octanol–water partition coefficient (Wildman–Crippen LogP) is 1.82. The molecule has 0 aromatic carbocycles. The van der Waals surface area contributed by atoms with Crippen LogP contribution in [-0.4, -0.2) is 38.5 Å². The van der Waals surface area contributed by atoms with Gasteiger partial charge in [-0.25, -0.2) is 0 Å². The molecule has 0 amide bonds. The van der Waals surface area contributed by atoms with Gasteiger partial charge in [-0.05, 0) is 32.7 Å². The summed E-state index contributed by atoms with van der Waals surface area (Å²) < 4.78 is 11.2. The summed E-state index contributed by atoms with van der Waals surface area (Å²) in [7, 11) is 0. The summed E-state index contributed by atoms with van der Waals surface area (Å²) in [5.74, 6) is 1.37. The van der Waals surface area contributed by atoms with Crippen molar-refractivity contribution in [2.24, 2.45) is 11.8 Å². The quantitative estimate of drug-likeness (QED) is 0.777. The Labute approximate surface area is 98.9 Å². The van der Waals surface area contributed by atoms with E-state index in [4.69, 9.17) is 9.47 Å². The molecule has 0 radical (unpaired) electrons. The highest BCUT2D eigenvalue weighted by molar-refractivity contribution is 4.90. The highest BCUT2D eigenvalue weighted by Gasteiger charge is 2.37. The van der Waals surface area contributed by atoms with E-state index in [0.717, 1.165) is 26.4 Å². The zero-order chi connectivity index (χ0) is 11.4. The maximum absolute atomic E-state index is 5.71. The molecule has 2 aliphatic heterocycles. The molecule has 0 spiro atoms. The highest BCUT2D eigenvalue weighted by Crippen LogP contribution is 2.31. The van der Waals surface area contributed by atoms with Gasteiger partial charge < -0.3 is 14.8 Å². The molecule has 3 nitrogen and oxygen atoms in total. The molecule has 0 aromatic heterocycles. The smallest absolute Gasteiger partial charge is 0.0590 e. The maximum atomic E-state index is 5.71. The van der Waals surface area contributed by atoms with Gasteiger partial charge in [0.2, 0.25) is 0 Å². The average Bonchev–Trinajstić information content (AvgIpc) is 2.91. The second kappa shape index (κ2) is 5.99. The highest BCUT2D eigenvalue weighted by atomic mass is 16.5. The van der Waals surface area contributed by atoms with E-state index in [0.29, 0.717) is 24.0 Å².